The van der Waals surface area contributed by atoms with E-state index in [1.165, 1.54) is 18.2 Å². The lowest BCUT2D eigenvalue weighted by Gasteiger charge is -2.28. The van der Waals surface area contributed by atoms with Gasteiger partial charge in [-0.25, -0.2) is 26.0 Å². The number of fused-ring (bicyclic) bond motifs is 3. The molecule has 42 heavy (non-hydrogen) atoms. The first-order chi connectivity index (χ1) is 18.9. The lowest BCUT2D eigenvalue weighted by molar-refractivity contribution is -0.671. The fourth-order valence-electron chi connectivity index (χ4n) is 3.78. The van der Waals surface area contributed by atoms with Crippen LogP contribution >= 0.6 is 0 Å². The van der Waals surface area contributed by atoms with Crippen LogP contribution in [0.2, 0.25) is 0 Å². The van der Waals surface area contributed by atoms with Gasteiger partial charge in [0.25, 0.3) is 19.7 Å². The van der Waals surface area contributed by atoms with E-state index >= 15 is 0 Å². The van der Waals surface area contributed by atoms with Crippen molar-refractivity contribution in [2.45, 2.75) is 36.3 Å². The number of alkyl halides is 10. The average Bonchev–Trinajstić information content (AvgIpc) is 3.46. The first-order valence-corrected chi connectivity index (χ1v) is 14.2. The highest BCUT2D eigenvalue weighted by molar-refractivity contribution is 8.01. The van der Waals surface area contributed by atoms with E-state index in [9.17, 15) is 60.7 Å². The number of aromatic nitrogens is 2. The number of allylic oxidation sites excluding steroid dienone is 4. The lowest BCUT2D eigenvalue weighted by Crippen LogP contribution is -2.48. The maximum absolute atomic E-state index is 13.9. The Labute approximate surface area is 231 Å². The Bertz CT molecular complexity index is 1750. The molecule has 1 heterocycles. The number of imidazole rings is 1. The number of benzene rings is 1. The fourth-order valence-corrected chi connectivity index (χ4v) is 6.90. The number of rotatable bonds is 5. The highest BCUT2D eigenvalue weighted by atomic mass is 32.2. The molecule has 1 N–H and O–H groups in total. The number of halogens is 10. The van der Waals surface area contributed by atoms with Crippen molar-refractivity contribution < 1.29 is 65.3 Å². The number of aryl methyl sites for hydroxylation is 2. The zero-order valence-electron chi connectivity index (χ0n) is 21.0. The first kappa shape index (κ1) is 33.0. The van der Waals surface area contributed by atoms with Gasteiger partial charge in [-0.05, 0) is 35.8 Å². The molecule has 0 saturated carbocycles. The van der Waals surface area contributed by atoms with E-state index in [0.717, 1.165) is 18.7 Å². The Kier molecular flexibility index (Phi) is 8.14. The molecule has 0 radical (unpaired) electrons. The Morgan fingerprint density at radius 2 is 1.33 bits per heavy atom. The SMILES string of the molecule is CCn1cc[n+](C)c1.N=C1C2=Cc3ccccc3C2=CC(S(=O)(=O)C(F)(F)C(F)(F)F)=C1S(=O)(=O)C(F)(F)C(F)(F)F. The summed E-state index contributed by atoms with van der Waals surface area (Å²) >= 11 is 0. The van der Waals surface area contributed by atoms with Gasteiger partial charge in [0.15, 0.2) is 0 Å². The second kappa shape index (κ2) is 10.4. The number of sulfone groups is 2. The van der Waals surface area contributed by atoms with E-state index in [1.807, 2.05) is 17.8 Å². The molecule has 230 valence electrons. The van der Waals surface area contributed by atoms with Crippen molar-refractivity contribution in [2.24, 2.45) is 7.05 Å². The Balaban J connectivity index is 0.000000521. The van der Waals surface area contributed by atoms with Crippen molar-refractivity contribution in [2.75, 3.05) is 0 Å². The zero-order chi connectivity index (χ0) is 32.3. The smallest absolute Gasteiger partial charge is 0.299 e. The standard InChI is InChI=1S/C17H7F10NO4S2.C6H11N2/c18-14(19,20)16(24,25)33(29,30)11-6-9-8-4-2-1-3-7(8)5-10(9)12(28)13(11)34(31,32)17(26,27)15(21,22)23;1-3-8-5-4-7(2)6-8/h1-6,28H;4-6H,3H2,1-2H3/q;+1. The predicted molar refractivity (Wildman–Crippen MR) is 128 cm³/mol. The van der Waals surface area contributed by atoms with Crippen molar-refractivity contribution in [3.8, 4) is 0 Å². The largest absolute Gasteiger partial charge is 0.469 e. The number of nitrogens with zero attached hydrogens (tertiary/aromatic N) is 2. The van der Waals surface area contributed by atoms with Crippen LogP contribution in [0.5, 0.6) is 0 Å². The van der Waals surface area contributed by atoms with Crippen molar-refractivity contribution >= 4 is 37.0 Å². The summed E-state index contributed by atoms with van der Waals surface area (Å²) in [6.45, 7) is 3.18. The van der Waals surface area contributed by atoms with Crippen LogP contribution in [0.3, 0.4) is 0 Å². The summed E-state index contributed by atoms with van der Waals surface area (Å²) in [7, 11) is -12.7. The molecule has 4 rings (SSSR count). The highest BCUT2D eigenvalue weighted by Gasteiger charge is 2.72. The van der Waals surface area contributed by atoms with Gasteiger partial charge in [0.1, 0.15) is 17.3 Å². The van der Waals surface area contributed by atoms with Crippen LogP contribution in [0.1, 0.15) is 18.1 Å². The normalized spacial score (nSPS) is 16.3. The molecule has 0 saturated heterocycles. The fraction of sp³-hybridized carbons (Fsp3) is 0.304. The molecule has 2 aliphatic carbocycles. The molecule has 0 aliphatic heterocycles. The molecule has 0 fully saturated rings. The van der Waals surface area contributed by atoms with E-state index in [1.54, 1.807) is 0 Å². The van der Waals surface area contributed by atoms with Crippen LogP contribution in [-0.2, 0) is 33.3 Å². The molecule has 19 heteroatoms. The summed E-state index contributed by atoms with van der Waals surface area (Å²) in [4.78, 5) is -5.57. The quantitative estimate of drug-likeness (QED) is 0.355. The van der Waals surface area contributed by atoms with Crippen LogP contribution in [-0.4, -0.2) is 50.0 Å². The van der Waals surface area contributed by atoms with Crippen LogP contribution in [0, 0.1) is 5.41 Å². The van der Waals surface area contributed by atoms with Gasteiger partial charge in [0.2, 0.25) is 6.33 Å². The average molecular weight is 655 g/mol. The van der Waals surface area contributed by atoms with Crippen molar-refractivity contribution in [3.05, 3.63) is 75.6 Å². The molecule has 0 unspecified atom stereocenters. The third kappa shape index (κ3) is 5.16. The predicted octanol–water partition coefficient (Wildman–Crippen LogP) is 5.18. The zero-order valence-corrected chi connectivity index (χ0v) is 22.7. The molecule has 0 bridgehead atoms. The summed E-state index contributed by atoms with van der Waals surface area (Å²) in [6, 6.07) is 4.95. The van der Waals surface area contributed by atoms with Gasteiger partial charge in [0.05, 0.1) is 24.2 Å². The molecule has 0 spiro atoms. The lowest BCUT2D eigenvalue weighted by atomic mass is 9.95. The first-order valence-electron chi connectivity index (χ1n) is 11.2. The van der Waals surface area contributed by atoms with Gasteiger partial charge in [-0.3, -0.25) is 5.41 Å². The number of hydrogen-bond acceptors (Lipinski definition) is 5. The van der Waals surface area contributed by atoms with Crippen molar-refractivity contribution in [1.82, 2.24) is 4.57 Å². The monoisotopic (exact) mass is 654 g/mol. The molecule has 0 atom stereocenters. The molecular weight excluding hydrogens is 636 g/mol. The van der Waals surface area contributed by atoms with E-state index < -0.39 is 69.2 Å². The summed E-state index contributed by atoms with van der Waals surface area (Å²) in [6.07, 6.45) is -7.08. The number of hydrogen-bond donors (Lipinski definition) is 1. The Hall–Kier alpha value is -3.48. The third-order valence-electron chi connectivity index (χ3n) is 5.92. The molecule has 2 aromatic rings. The van der Waals surface area contributed by atoms with Crippen molar-refractivity contribution in [1.29, 1.82) is 5.41 Å². The summed E-state index contributed by atoms with van der Waals surface area (Å²) < 4.78 is 186. The Morgan fingerprint density at radius 1 is 0.810 bits per heavy atom. The van der Waals surface area contributed by atoms with Gasteiger partial charge in [-0.1, -0.05) is 24.3 Å². The van der Waals surface area contributed by atoms with E-state index in [0.29, 0.717) is 0 Å². The van der Waals surface area contributed by atoms with Gasteiger partial charge in [-0.2, -0.15) is 43.9 Å². The summed E-state index contributed by atoms with van der Waals surface area (Å²) in [5, 5.41) is -5.85. The van der Waals surface area contributed by atoms with Crippen LogP contribution in [0.4, 0.5) is 43.9 Å². The molecule has 1 aromatic heterocycles. The van der Waals surface area contributed by atoms with E-state index in [2.05, 4.69) is 24.0 Å². The molecule has 0 amide bonds. The minimum Gasteiger partial charge on any atom is -0.299 e. The van der Waals surface area contributed by atoms with Gasteiger partial charge >= 0.3 is 22.9 Å². The van der Waals surface area contributed by atoms with Crippen LogP contribution in [0.15, 0.2) is 64.4 Å². The minimum atomic E-state index is -7.40. The maximum atomic E-state index is 13.9. The molecular formula is C23H18F10N3O4S2+. The van der Waals surface area contributed by atoms with Gasteiger partial charge < -0.3 is 0 Å². The summed E-state index contributed by atoms with van der Waals surface area (Å²) in [5.74, 6) is 0. The maximum Gasteiger partial charge on any atom is 0.469 e. The molecule has 7 nitrogen and oxygen atoms in total. The molecule has 1 aromatic carbocycles. The molecule has 2 aliphatic rings. The van der Waals surface area contributed by atoms with E-state index in [-0.39, 0.29) is 17.2 Å². The second-order valence-electron chi connectivity index (χ2n) is 8.72. The van der Waals surface area contributed by atoms with Gasteiger partial charge in [0, 0.05) is 5.57 Å². The van der Waals surface area contributed by atoms with E-state index in [4.69, 9.17) is 5.41 Å². The van der Waals surface area contributed by atoms with Crippen molar-refractivity contribution in [3.63, 3.8) is 0 Å². The number of nitrogens with one attached hydrogen (secondary N) is 1. The highest BCUT2D eigenvalue weighted by Crippen LogP contribution is 2.52. The second-order valence-corrected chi connectivity index (χ2v) is 12.6. The Morgan fingerprint density at radius 3 is 1.79 bits per heavy atom. The minimum absolute atomic E-state index is 0.0223. The summed E-state index contributed by atoms with van der Waals surface area (Å²) in [5.41, 5.74) is -3.48. The van der Waals surface area contributed by atoms with Gasteiger partial charge in [-0.15, -0.1) is 0 Å². The third-order valence-corrected chi connectivity index (χ3v) is 9.72. The topological polar surface area (TPSA) is 101 Å². The van der Waals surface area contributed by atoms with Crippen LogP contribution < -0.4 is 4.57 Å². The van der Waals surface area contributed by atoms with Crippen LogP contribution in [0.25, 0.3) is 11.6 Å².